The molecule has 3 rings (SSSR count). The number of hydrogen-bond acceptors (Lipinski definition) is 6. The number of nitrogens with zero attached hydrogens (tertiary/aromatic N) is 1. The molecule has 1 N–H and O–H groups in total. The second-order valence-electron chi connectivity index (χ2n) is 7.46. The zero-order valence-electron chi connectivity index (χ0n) is 16.0. The second kappa shape index (κ2) is 8.04. The minimum Gasteiger partial charge on any atom is -0.548 e. The van der Waals surface area contributed by atoms with E-state index in [0.29, 0.717) is 5.75 Å². The van der Waals surface area contributed by atoms with Crippen molar-refractivity contribution in [1.82, 2.24) is 10.2 Å². The Balaban J connectivity index is 0.00000261. The Morgan fingerprint density at radius 1 is 1.26 bits per heavy atom. The summed E-state index contributed by atoms with van der Waals surface area (Å²) in [7, 11) is 0. The number of carboxylic acids is 1. The van der Waals surface area contributed by atoms with Crippen LogP contribution in [0.3, 0.4) is 0 Å². The van der Waals surface area contributed by atoms with Crippen molar-refractivity contribution in [3.63, 3.8) is 0 Å². The Labute approximate surface area is 205 Å². The zero-order chi connectivity index (χ0) is 19.3. The van der Waals surface area contributed by atoms with E-state index in [0.717, 1.165) is 0 Å². The number of carbonyl (C=O) groups is 3. The van der Waals surface area contributed by atoms with E-state index in [-0.39, 0.29) is 51.4 Å². The van der Waals surface area contributed by atoms with Gasteiger partial charge in [-0.05, 0) is 39.8 Å². The quantitative estimate of drug-likeness (QED) is 0.410. The molecule has 1 aromatic rings. The van der Waals surface area contributed by atoms with Crippen LogP contribution in [-0.4, -0.2) is 50.5 Å². The molecular formula is C18H21KN2O5S. The van der Waals surface area contributed by atoms with Gasteiger partial charge in [-0.2, -0.15) is 0 Å². The molecule has 2 aliphatic heterocycles. The van der Waals surface area contributed by atoms with Crippen LogP contribution in [0.5, 0.6) is 5.75 Å². The molecule has 140 valence electrons. The molecule has 0 spiro atoms. The fourth-order valence-corrected chi connectivity index (χ4v) is 4.89. The minimum absolute atomic E-state index is 0. The van der Waals surface area contributed by atoms with E-state index < -0.39 is 45.6 Å². The van der Waals surface area contributed by atoms with E-state index in [1.54, 1.807) is 52.0 Å². The van der Waals surface area contributed by atoms with Crippen LogP contribution in [0.1, 0.15) is 27.7 Å². The molecule has 9 heteroatoms. The molecule has 0 aliphatic carbocycles. The van der Waals surface area contributed by atoms with Crippen LogP contribution in [0.4, 0.5) is 0 Å². The average Bonchev–Trinajstić information content (AvgIpc) is 2.81. The number of aliphatic carboxylic acids is 1. The van der Waals surface area contributed by atoms with Gasteiger partial charge in [0.15, 0.2) is 5.60 Å². The van der Waals surface area contributed by atoms with Crippen molar-refractivity contribution in [3.8, 4) is 5.75 Å². The van der Waals surface area contributed by atoms with Crippen molar-refractivity contribution in [2.45, 2.75) is 55.5 Å². The first-order valence-electron chi connectivity index (χ1n) is 8.30. The summed E-state index contributed by atoms with van der Waals surface area (Å²) in [5.74, 6) is -1.58. The van der Waals surface area contributed by atoms with Crippen LogP contribution in [-0.2, 0) is 14.4 Å². The first-order valence-corrected chi connectivity index (χ1v) is 9.18. The van der Waals surface area contributed by atoms with Gasteiger partial charge in [0.05, 0.1) is 12.0 Å². The number of rotatable bonds is 5. The molecule has 3 unspecified atom stereocenters. The SMILES string of the molecule is CC(C)(Oc1ccccc1)C(=O)NC1C(=O)N2C1SC(C)(C)C2C(=O)[O-].[K+]. The summed E-state index contributed by atoms with van der Waals surface area (Å²) in [4.78, 5) is 37.8. The van der Waals surface area contributed by atoms with E-state index in [9.17, 15) is 19.5 Å². The maximum Gasteiger partial charge on any atom is 1.00 e. The van der Waals surface area contributed by atoms with Crippen molar-refractivity contribution in [1.29, 1.82) is 0 Å². The Hall–Kier alpha value is -0.584. The molecule has 2 fully saturated rings. The van der Waals surface area contributed by atoms with E-state index in [2.05, 4.69) is 5.32 Å². The van der Waals surface area contributed by atoms with Gasteiger partial charge in [-0.25, -0.2) is 0 Å². The molecule has 0 radical (unpaired) electrons. The number of fused-ring (bicyclic) bond motifs is 1. The number of carbonyl (C=O) groups excluding carboxylic acids is 3. The summed E-state index contributed by atoms with van der Waals surface area (Å²) < 4.78 is 5.05. The molecule has 7 nitrogen and oxygen atoms in total. The fourth-order valence-electron chi connectivity index (χ4n) is 3.27. The molecule has 0 bridgehead atoms. The number of benzene rings is 1. The minimum atomic E-state index is -1.28. The van der Waals surface area contributed by atoms with Gasteiger partial charge in [0.2, 0.25) is 5.91 Å². The van der Waals surface area contributed by atoms with Gasteiger partial charge in [-0.1, -0.05) is 18.2 Å². The van der Waals surface area contributed by atoms with E-state index in [1.165, 1.54) is 16.7 Å². The molecule has 2 aliphatic rings. The number of nitrogens with one attached hydrogen (secondary N) is 1. The van der Waals surface area contributed by atoms with Crippen molar-refractivity contribution in [2.24, 2.45) is 0 Å². The summed E-state index contributed by atoms with van der Waals surface area (Å²) in [6, 6.07) is 7.15. The molecule has 0 saturated carbocycles. The normalized spacial score (nSPS) is 25.7. The average molecular weight is 417 g/mol. The standard InChI is InChI=1S/C18H22N2O5S.K/c1-17(2,25-10-8-6-5-7-9-10)16(24)19-11-13(21)20-12(15(22)23)18(3,4)26-14(11)20;/h5-9,11-12,14H,1-4H3,(H,19,24)(H,22,23);/q;+1/p-1. The van der Waals surface area contributed by atoms with Gasteiger partial charge in [-0.15, -0.1) is 11.8 Å². The van der Waals surface area contributed by atoms with Gasteiger partial charge >= 0.3 is 51.4 Å². The summed E-state index contributed by atoms with van der Waals surface area (Å²) in [6.07, 6.45) is 0. The summed E-state index contributed by atoms with van der Waals surface area (Å²) in [5.41, 5.74) is -1.19. The molecule has 27 heavy (non-hydrogen) atoms. The van der Waals surface area contributed by atoms with Crippen LogP contribution in [0, 0.1) is 0 Å². The monoisotopic (exact) mass is 416 g/mol. The third kappa shape index (κ3) is 4.23. The van der Waals surface area contributed by atoms with Crippen LogP contribution >= 0.6 is 11.8 Å². The maximum atomic E-state index is 12.6. The van der Waals surface area contributed by atoms with Crippen molar-refractivity contribution < 1.29 is 75.6 Å². The van der Waals surface area contributed by atoms with Crippen LogP contribution in [0.2, 0.25) is 0 Å². The predicted octanol–water partition coefficient (Wildman–Crippen LogP) is -2.85. The van der Waals surface area contributed by atoms with Crippen LogP contribution in [0.15, 0.2) is 30.3 Å². The number of β-lactam (4-membered cyclic amide) rings is 1. The van der Waals surface area contributed by atoms with Gasteiger partial charge in [0, 0.05) is 4.75 Å². The number of thioether (sulfide) groups is 1. The van der Waals surface area contributed by atoms with Crippen molar-refractivity contribution in [3.05, 3.63) is 30.3 Å². The first kappa shape index (κ1) is 22.7. The van der Waals surface area contributed by atoms with Gasteiger partial charge in [0.25, 0.3) is 5.91 Å². The molecule has 2 saturated heterocycles. The summed E-state index contributed by atoms with van der Waals surface area (Å²) in [5, 5.41) is 13.7. The number of ether oxygens (including phenoxy) is 1. The second-order valence-corrected chi connectivity index (χ2v) is 9.23. The molecule has 1 aromatic carbocycles. The third-order valence-corrected chi connectivity index (χ3v) is 6.19. The van der Waals surface area contributed by atoms with Gasteiger partial charge < -0.3 is 24.9 Å². The van der Waals surface area contributed by atoms with E-state index >= 15 is 0 Å². The molecule has 3 atom stereocenters. The molecule has 0 aromatic heterocycles. The van der Waals surface area contributed by atoms with Gasteiger partial charge in [-0.3, -0.25) is 9.59 Å². The summed E-state index contributed by atoms with van der Waals surface area (Å²) >= 11 is 1.35. The van der Waals surface area contributed by atoms with Gasteiger partial charge in [0.1, 0.15) is 17.2 Å². The Bertz CT molecular complexity index is 755. The smallest absolute Gasteiger partial charge is 0.548 e. The Kier molecular flexibility index (Phi) is 6.76. The largest absolute Gasteiger partial charge is 1.00 e. The number of para-hydroxylation sites is 1. The first-order chi connectivity index (χ1) is 12.0. The number of amides is 2. The van der Waals surface area contributed by atoms with Crippen molar-refractivity contribution >= 4 is 29.5 Å². The maximum absolute atomic E-state index is 12.6. The molecular weight excluding hydrogens is 395 g/mol. The molecule has 2 amide bonds. The van der Waals surface area contributed by atoms with Crippen LogP contribution in [0.25, 0.3) is 0 Å². The zero-order valence-corrected chi connectivity index (χ0v) is 20.0. The number of hydrogen-bond donors (Lipinski definition) is 1. The van der Waals surface area contributed by atoms with E-state index in [4.69, 9.17) is 4.74 Å². The summed E-state index contributed by atoms with van der Waals surface area (Å²) in [6.45, 7) is 6.74. The van der Waals surface area contributed by atoms with Crippen molar-refractivity contribution in [2.75, 3.05) is 0 Å². The Morgan fingerprint density at radius 3 is 2.41 bits per heavy atom. The third-order valence-electron chi connectivity index (χ3n) is 4.61. The predicted molar refractivity (Wildman–Crippen MR) is 94.2 cm³/mol. The van der Waals surface area contributed by atoms with Crippen LogP contribution < -0.4 is 66.5 Å². The van der Waals surface area contributed by atoms with E-state index in [1.807, 2.05) is 6.07 Å². The topological polar surface area (TPSA) is 98.8 Å². The molecule has 2 heterocycles. The Morgan fingerprint density at radius 2 is 1.85 bits per heavy atom. The fraction of sp³-hybridized carbons (Fsp3) is 0.500. The number of carboxylic acid groups (broad SMARTS) is 1.